The van der Waals surface area contributed by atoms with E-state index in [4.69, 9.17) is 15.2 Å². The first-order chi connectivity index (χ1) is 9.61. The van der Waals surface area contributed by atoms with E-state index >= 15 is 0 Å². The zero-order chi connectivity index (χ0) is 14.5. The molecule has 2 N–H and O–H groups in total. The van der Waals surface area contributed by atoms with Gasteiger partial charge < -0.3 is 15.2 Å². The summed E-state index contributed by atoms with van der Waals surface area (Å²) in [5.41, 5.74) is 5.94. The molecule has 1 aliphatic carbocycles. The maximum atomic E-state index is 12.1. The van der Waals surface area contributed by atoms with Gasteiger partial charge in [-0.2, -0.15) is 0 Å². The van der Waals surface area contributed by atoms with E-state index in [2.05, 4.69) is 0 Å². The van der Waals surface area contributed by atoms with Crippen molar-refractivity contribution in [3.63, 3.8) is 0 Å². The molecule has 1 aliphatic rings. The zero-order valence-corrected chi connectivity index (χ0v) is 11.5. The van der Waals surface area contributed by atoms with E-state index in [-0.39, 0.29) is 12.2 Å². The van der Waals surface area contributed by atoms with Crippen LogP contribution in [0.25, 0.3) is 0 Å². The van der Waals surface area contributed by atoms with Gasteiger partial charge in [0.1, 0.15) is 6.10 Å². The van der Waals surface area contributed by atoms with Gasteiger partial charge in [-0.3, -0.25) is 4.79 Å². The SMILES string of the molecule is CO[C@@H]1CCCC[C@@H]1OC(=O)c1ccc(C(N)=O)cc1. The van der Waals surface area contributed by atoms with Crippen LogP contribution in [0.4, 0.5) is 0 Å². The van der Waals surface area contributed by atoms with Crippen molar-refractivity contribution in [1.29, 1.82) is 0 Å². The molecule has 1 aromatic carbocycles. The van der Waals surface area contributed by atoms with Gasteiger partial charge in [0.05, 0.1) is 11.7 Å². The number of amides is 1. The fourth-order valence-electron chi connectivity index (χ4n) is 2.44. The number of esters is 1. The monoisotopic (exact) mass is 277 g/mol. The fourth-order valence-corrected chi connectivity index (χ4v) is 2.44. The van der Waals surface area contributed by atoms with Gasteiger partial charge in [0.15, 0.2) is 0 Å². The molecule has 1 saturated carbocycles. The summed E-state index contributed by atoms with van der Waals surface area (Å²) in [7, 11) is 1.64. The lowest BCUT2D eigenvalue weighted by Gasteiger charge is -2.29. The van der Waals surface area contributed by atoms with Gasteiger partial charge in [-0.25, -0.2) is 4.79 Å². The molecule has 0 bridgehead atoms. The molecule has 0 aliphatic heterocycles. The predicted octanol–water partition coefficient (Wildman–Crippen LogP) is 1.90. The van der Waals surface area contributed by atoms with Crippen LogP contribution in [0, 0.1) is 0 Å². The molecule has 0 heterocycles. The Bertz CT molecular complexity index is 483. The van der Waals surface area contributed by atoms with Crippen LogP contribution in [0.5, 0.6) is 0 Å². The number of carbonyl (C=O) groups excluding carboxylic acids is 2. The van der Waals surface area contributed by atoms with E-state index in [0.717, 1.165) is 25.7 Å². The lowest BCUT2D eigenvalue weighted by Crippen LogP contribution is -2.35. The number of hydrogen-bond acceptors (Lipinski definition) is 4. The van der Waals surface area contributed by atoms with E-state index in [1.165, 1.54) is 12.1 Å². The van der Waals surface area contributed by atoms with Gasteiger partial charge in [0.25, 0.3) is 0 Å². The molecular weight excluding hydrogens is 258 g/mol. The first-order valence-electron chi connectivity index (χ1n) is 6.75. The van der Waals surface area contributed by atoms with E-state index < -0.39 is 11.9 Å². The molecule has 0 radical (unpaired) electrons. The topological polar surface area (TPSA) is 78.6 Å². The lowest BCUT2D eigenvalue weighted by molar-refractivity contribution is -0.0539. The molecule has 1 fully saturated rings. The Labute approximate surface area is 118 Å². The largest absolute Gasteiger partial charge is 0.456 e. The number of ether oxygens (including phenoxy) is 2. The van der Waals surface area contributed by atoms with Gasteiger partial charge in [0.2, 0.25) is 5.91 Å². The van der Waals surface area contributed by atoms with Crippen LogP contribution in [-0.2, 0) is 9.47 Å². The number of methoxy groups -OCH3 is 1. The number of nitrogens with two attached hydrogens (primary N) is 1. The molecule has 108 valence electrons. The second kappa shape index (κ2) is 6.52. The predicted molar refractivity (Wildman–Crippen MR) is 73.4 cm³/mol. The molecule has 2 rings (SSSR count). The Kier molecular flexibility index (Phi) is 4.74. The van der Waals surface area contributed by atoms with Crippen LogP contribution in [-0.4, -0.2) is 31.2 Å². The van der Waals surface area contributed by atoms with E-state index in [1.54, 1.807) is 19.2 Å². The van der Waals surface area contributed by atoms with E-state index in [1.807, 2.05) is 0 Å². The first-order valence-corrected chi connectivity index (χ1v) is 6.75. The van der Waals surface area contributed by atoms with Gasteiger partial charge >= 0.3 is 5.97 Å². The Morgan fingerprint density at radius 2 is 1.60 bits per heavy atom. The van der Waals surface area contributed by atoms with Gasteiger partial charge in [0, 0.05) is 12.7 Å². The Hall–Kier alpha value is -1.88. The van der Waals surface area contributed by atoms with Crippen molar-refractivity contribution < 1.29 is 19.1 Å². The van der Waals surface area contributed by atoms with Gasteiger partial charge in [-0.1, -0.05) is 6.42 Å². The molecule has 0 unspecified atom stereocenters. The quantitative estimate of drug-likeness (QED) is 0.852. The molecule has 5 nitrogen and oxygen atoms in total. The molecule has 0 aromatic heterocycles. The van der Waals surface area contributed by atoms with Crippen LogP contribution < -0.4 is 5.73 Å². The number of rotatable bonds is 4. The number of hydrogen-bond donors (Lipinski definition) is 1. The minimum atomic E-state index is -0.517. The molecule has 5 heteroatoms. The van der Waals surface area contributed by atoms with Crippen molar-refractivity contribution in [2.45, 2.75) is 37.9 Å². The van der Waals surface area contributed by atoms with E-state index in [0.29, 0.717) is 11.1 Å². The third-order valence-corrected chi connectivity index (χ3v) is 3.61. The maximum Gasteiger partial charge on any atom is 0.338 e. The highest BCUT2D eigenvalue weighted by molar-refractivity contribution is 5.95. The average molecular weight is 277 g/mol. The highest BCUT2D eigenvalue weighted by Crippen LogP contribution is 2.24. The van der Waals surface area contributed by atoms with Crippen LogP contribution in [0.3, 0.4) is 0 Å². The molecular formula is C15H19NO4. The smallest absolute Gasteiger partial charge is 0.338 e. The minimum Gasteiger partial charge on any atom is -0.456 e. The third kappa shape index (κ3) is 3.36. The Morgan fingerprint density at radius 3 is 2.15 bits per heavy atom. The molecule has 20 heavy (non-hydrogen) atoms. The van der Waals surface area contributed by atoms with Crippen LogP contribution in [0.1, 0.15) is 46.4 Å². The Morgan fingerprint density at radius 1 is 1.05 bits per heavy atom. The standard InChI is InChI=1S/C15H19NO4/c1-19-12-4-2-3-5-13(12)20-15(18)11-8-6-10(7-9-11)14(16)17/h6-9,12-13H,2-5H2,1H3,(H2,16,17)/t12-,13+/m1/s1. The number of primary amides is 1. The Balaban J connectivity index is 2.01. The summed E-state index contributed by atoms with van der Waals surface area (Å²) in [6.07, 6.45) is 3.64. The second-order valence-electron chi connectivity index (χ2n) is 4.94. The van der Waals surface area contributed by atoms with Crippen molar-refractivity contribution in [1.82, 2.24) is 0 Å². The lowest BCUT2D eigenvalue weighted by atomic mass is 9.94. The summed E-state index contributed by atoms with van der Waals surface area (Å²) in [5.74, 6) is -0.911. The minimum absolute atomic E-state index is 0.0300. The van der Waals surface area contributed by atoms with Crippen molar-refractivity contribution in [2.24, 2.45) is 5.73 Å². The third-order valence-electron chi connectivity index (χ3n) is 3.61. The highest BCUT2D eigenvalue weighted by atomic mass is 16.6. The van der Waals surface area contributed by atoms with Gasteiger partial charge in [-0.05, 0) is 43.5 Å². The summed E-state index contributed by atoms with van der Waals surface area (Å²) >= 11 is 0. The first kappa shape index (κ1) is 14.5. The highest BCUT2D eigenvalue weighted by Gasteiger charge is 2.28. The number of benzene rings is 1. The van der Waals surface area contributed by atoms with Crippen LogP contribution in [0.2, 0.25) is 0 Å². The van der Waals surface area contributed by atoms with Crippen molar-refractivity contribution >= 4 is 11.9 Å². The molecule has 0 spiro atoms. The molecule has 0 saturated heterocycles. The molecule has 1 aromatic rings. The fraction of sp³-hybridized carbons (Fsp3) is 0.467. The number of carbonyl (C=O) groups is 2. The molecule has 1 amide bonds. The average Bonchev–Trinajstić information content (AvgIpc) is 2.48. The summed E-state index contributed by atoms with van der Waals surface area (Å²) in [5, 5.41) is 0. The van der Waals surface area contributed by atoms with Crippen LogP contribution in [0.15, 0.2) is 24.3 Å². The summed E-state index contributed by atoms with van der Waals surface area (Å²) in [6, 6.07) is 6.14. The van der Waals surface area contributed by atoms with Crippen molar-refractivity contribution in [3.05, 3.63) is 35.4 Å². The summed E-state index contributed by atoms with van der Waals surface area (Å²) in [6.45, 7) is 0. The van der Waals surface area contributed by atoms with Crippen LogP contribution >= 0.6 is 0 Å². The van der Waals surface area contributed by atoms with Crippen molar-refractivity contribution in [2.75, 3.05) is 7.11 Å². The second-order valence-corrected chi connectivity index (χ2v) is 4.94. The van der Waals surface area contributed by atoms with E-state index in [9.17, 15) is 9.59 Å². The normalized spacial score (nSPS) is 22.2. The summed E-state index contributed by atoms with van der Waals surface area (Å²) < 4.78 is 10.9. The maximum absolute atomic E-state index is 12.1. The van der Waals surface area contributed by atoms with Gasteiger partial charge in [-0.15, -0.1) is 0 Å². The molecule has 2 atom stereocenters. The summed E-state index contributed by atoms with van der Waals surface area (Å²) in [4.78, 5) is 23.0. The zero-order valence-electron chi connectivity index (χ0n) is 11.5. The van der Waals surface area contributed by atoms with Crippen molar-refractivity contribution in [3.8, 4) is 0 Å².